The Hall–Kier alpha value is -1.14. The van der Waals surface area contributed by atoms with Crippen LogP contribution in [0.15, 0.2) is 40.9 Å². The SMILES string of the molecule is NNC(c1cc(Br)ccc1N)c1cc(F)ccc1Cl. The molecule has 0 aliphatic heterocycles. The van der Waals surface area contributed by atoms with Crippen molar-refractivity contribution < 1.29 is 4.39 Å². The van der Waals surface area contributed by atoms with Gasteiger partial charge in [-0.1, -0.05) is 27.5 Å². The molecule has 100 valence electrons. The smallest absolute Gasteiger partial charge is 0.123 e. The molecule has 0 aliphatic rings. The third kappa shape index (κ3) is 3.06. The molecular formula is C13H12BrClFN3. The summed E-state index contributed by atoms with van der Waals surface area (Å²) in [6.45, 7) is 0. The molecule has 0 fully saturated rings. The lowest BCUT2D eigenvalue weighted by Gasteiger charge is -2.20. The number of nitrogen functional groups attached to an aromatic ring is 1. The lowest BCUT2D eigenvalue weighted by Crippen LogP contribution is -2.29. The standard InChI is InChI=1S/C13H12BrClFN3/c14-7-1-4-12(17)10(5-7)13(19-18)9-6-8(16)2-3-11(9)15/h1-6,13,19H,17-18H2. The summed E-state index contributed by atoms with van der Waals surface area (Å²) in [7, 11) is 0. The van der Waals surface area contributed by atoms with Crippen molar-refractivity contribution in [3.63, 3.8) is 0 Å². The monoisotopic (exact) mass is 343 g/mol. The second kappa shape index (κ2) is 5.88. The first-order valence-electron chi connectivity index (χ1n) is 5.49. The molecule has 0 heterocycles. The number of halogens is 3. The largest absolute Gasteiger partial charge is 0.398 e. The normalized spacial score (nSPS) is 12.4. The molecule has 0 saturated heterocycles. The maximum absolute atomic E-state index is 13.4. The van der Waals surface area contributed by atoms with Gasteiger partial charge < -0.3 is 5.73 Å². The Kier molecular flexibility index (Phi) is 4.42. The molecule has 0 spiro atoms. The van der Waals surface area contributed by atoms with Crippen LogP contribution in [0.3, 0.4) is 0 Å². The van der Waals surface area contributed by atoms with E-state index in [2.05, 4.69) is 21.4 Å². The third-order valence-corrected chi connectivity index (χ3v) is 3.63. The quantitative estimate of drug-likeness (QED) is 0.454. The van der Waals surface area contributed by atoms with Crippen LogP contribution in [-0.4, -0.2) is 0 Å². The molecule has 19 heavy (non-hydrogen) atoms. The average molecular weight is 345 g/mol. The molecule has 1 unspecified atom stereocenters. The maximum Gasteiger partial charge on any atom is 0.123 e. The summed E-state index contributed by atoms with van der Waals surface area (Å²) < 4.78 is 14.2. The summed E-state index contributed by atoms with van der Waals surface area (Å²) in [4.78, 5) is 0. The van der Waals surface area contributed by atoms with Crippen LogP contribution in [0.25, 0.3) is 0 Å². The minimum absolute atomic E-state index is 0.381. The van der Waals surface area contributed by atoms with Gasteiger partial charge in [0.1, 0.15) is 5.82 Å². The van der Waals surface area contributed by atoms with E-state index in [1.807, 2.05) is 12.1 Å². The van der Waals surface area contributed by atoms with Crippen molar-refractivity contribution in [1.82, 2.24) is 5.43 Å². The molecule has 2 aromatic carbocycles. The molecule has 0 saturated carbocycles. The van der Waals surface area contributed by atoms with Crippen molar-refractivity contribution in [2.75, 3.05) is 5.73 Å². The van der Waals surface area contributed by atoms with Crippen LogP contribution in [0, 0.1) is 5.82 Å². The number of benzene rings is 2. The number of rotatable bonds is 3. The van der Waals surface area contributed by atoms with Gasteiger partial charge in [0.15, 0.2) is 0 Å². The molecule has 0 aliphatic carbocycles. The first-order valence-corrected chi connectivity index (χ1v) is 6.66. The van der Waals surface area contributed by atoms with Gasteiger partial charge in [0.2, 0.25) is 0 Å². The molecular weight excluding hydrogens is 333 g/mol. The molecule has 0 amide bonds. The Morgan fingerprint density at radius 3 is 2.58 bits per heavy atom. The zero-order valence-corrected chi connectivity index (χ0v) is 12.2. The van der Waals surface area contributed by atoms with Crippen LogP contribution in [0.1, 0.15) is 17.2 Å². The third-order valence-electron chi connectivity index (χ3n) is 2.80. The van der Waals surface area contributed by atoms with Crippen LogP contribution in [0.2, 0.25) is 5.02 Å². The molecule has 2 aromatic rings. The first kappa shape index (κ1) is 14.3. The van der Waals surface area contributed by atoms with Gasteiger partial charge in [-0.15, -0.1) is 0 Å². The van der Waals surface area contributed by atoms with Gasteiger partial charge in [0.25, 0.3) is 0 Å². The van der Waals surface area contributed by atoms with E-state index in [1.165, 1.54) is 18.2 Å². The van der Waals surface area contributed by atoms with Gasteiger partial charge in [-0.2, -0.15) is 0 Å². The van der Waals surface area contributed by atoms with E-state index in [0.717, 1.165) is 10.0 Å². The molecule has 0 bridgehead atoms. The highest BCUT2D eigenvalue weighted by atomic mass is 79.9. The summed E-state index contributed by atoms with van der Waals surface area (Å²) in [5.74, 6) is 5.19. The highest BCUT2D eigenvalue weighted by Gasteiger charge is 2.19. The number of hydrogen-bond donors (Lipinski definition) is 3. The molecule has 0 aromatic heterocycles. The number of anilines is 1. The zero-order chi connectivity index (χ0) is 14.0. The molecule has 0 radical (unpaired) electrons. The fourth-order valence-corrected chi connectivity index (χ4v) is 2.48. The zero-order valence-electron chi connectivity index (χ0n) is 9.83. The molecule has 6 heteroatoms. The van der Waals surface area contributed by atoms with E-state index in [1.54, 1.807) is 6.07 Å². The van der Waals surface area contributed by atoms with Crippen LogP contribution in [0.4, 0.5) is 10.1 Å². The predicted molar refractivity (Wildman–Crippen MR) is 79.1 cm³/mol. The number of nitrogens with two attached hydrogens (primary N) is 2. The van der Waals surface area contributed by atoms with Crippen molar-refractivity contribution in [2.24, 2.45) is 5.84 Å². The topological polar surface area (TPSA) is 64.1 Å². The van der Waals surface area contributed by atoms with E-state index in [9.17, 15) is 4.39 Å². The van der Waals surface area contributed by atoms with E-state index in [4.69, 9.17) is 23.2 Å². The highest BCUT2D eigenvalue weighted by molar-refractivity contribution is 9.10. The number of hydrogen-bond acceptors (Lipinski definition) is 3. The maximum atomic E-state index is 13.4. The van der Waals surface area contributed by atoms with Crippen LogP contribution >= 0.6 is 27.5 Å². The van der Waals surface area contributed by atoms with Crippen molar-refractivity contribution in [2.45, 2.75) is 6.04 Å². The van der Waals surface area contributed by atoms with Gasteiger partial charge in [-0.3, -0.25) is 5.84 Å². The fourth-order valence-electron chi connectivity index (χ4n) is 1.88. The van der Waals surface area contributed by atoms with Gasteiger partial charge in [-0.05, 0) is 47.5 Å². The second-order valence-corrected chi connectivity index (χ2v) is 5.36. The van der Waals surface area contributed by atoms with E-state index in [0.29, 0.717) is 16.3 Å². The van der Waals surface area contributed by atoms with Crippen molar-refractivity contribution in [3.05, 3.63) is 62.8 Å². The summed E-state index contributed by atoms with van der Waals surface area (Å²) in [6.07, 6.45) is 0. The van der Waals surface area contributed by atoms with Crippen LogP contribution in [0.5, 0.6) is 0 Å². The van der Waals surface area contributed by atoms with Gasteiger partial charge in [-0.25, -0.2) is 9.82 Å². The average Bonchev–Trinajstić information content (AvgIpc) is 2.38. The Labute approximate surface area is 123 Å². The highest BCUT2D eigenvalue weighted by Crippen LogP contribution is 2.32. The second-order valence-electron chi connectivity index (χ2n) is 4.04. The van der Waals surface area contributed by atoms with E-state index >= 15 is 0 Å². The van der Waals surface area contributed by atoms with Crippen molar-refractivity contribution in [1.29, 1.82) is 0 Å². The van der Waals surface area contributed by atoms with Crippen LogP contribution in [-0.2, 0) is 0 Å². The Balaban J connectivity index is 2.55. The number of nitrogens with one attached hydrogen (secondary N) is 1. The minimum atomic E-state index is -0.485. The summed E-state index contributed by atoms with van der Waals surface area (Å²) in [5.41, 5.74) is 10.4. The fraction of sp³-hybridized carbons (Fsp3) is 0.0769. The lowest BCUT2D eigenvalue weighted by molar-refractivity contribution is 0.606. The molecule has 1 atom stereocenters. The summed E-state index contributed by atoms with van der Waals surface area (Å²) in [6, 6.07) is 9.03. The lowest BCUT2D eigenvalue weighted by atomic mass is 9.97. The molecule has 5 N–H and O–H groups in total. The predicted octanol–water partition coefficient (Wildman–Crippen LogP) is 3.38. The van der Waals surface area contributed by atoms with E-state index < -0.39 is 6.04 Å². The Morgan fingerprint density at radius 1 is 1.16 bits per heavy atom. The van der Waals surface area contributed by atoms with Crippen molar-refractivity contribution >= 4 is 33.2 Å². The molecule has 3 nitrogen and oxygen atoms in total. The summed E-state index contributed by atoms with van der Waals surface area (Å²) >= 11 is 9.47. The molecule has 2 rings (SSSR count). The van der Waals surface area contributed by atoms with Crippen LogP contribution < -0.4 is 17.0 Å². The Bertz CT molecular complexity index is 555. The minimum Gasteiger partial charge on any atom is -0.398 e. The van der Waals surface area contributed by atoms with Crippen molar-refractivity contribution in [3.8, 4) is 0 Å². The van der Waals surface area contributed by atoms with Gasteiger partial charge in [0.05, 0.1) is 6.04 Å². The van der Waals surface area contributed by atoms with Gasteiger partial charge in [0, 0.05) is 15.2 Å². The first-order chi connectivity index (χ1) is 9.02. The summed E-state index contributed by atoms with van der Waals surface area (Å²) in [5, 5.41) is 0.420. The number of hydrazine groups is 1. The Morgan fingerprint density at radius 2 is 1.89 bits per heavy atom. The van der Waals surface area contributed by atoms with E-state index in [-0.39, 0.29) is 5.82 Å². The van der Waals surface area contributed by atoms with Gasteiger partial charge >= 0.3 is 0 Å².